The van der Waals surface area contributed by atoms with E-state index in [0.29, 0.717) is 16.3 Å². The van der Waals surface area contributed by atoms with E-state index in [-0.39, 0.29) is 11.1 Å². The number of anilines is 1. The zero-order valence-electron chi connectivity index (χ0n) is 18.9. The average Bonchev–Trinajstić information content (AvgIpc) is 3.41. The van der Waals surface area contributed by atoms with Crippen LogP contribution >= 0.6 is 11.6 Å². The van der Waals surface area contributed by atoms with Crippen LogP contribution in [0.2, 0.25) is 5.02 Å². The molecule has 1 aliphatic carbocycles. The number of ketones is 2. The van der Waals surface area contributed by atoms with E-state index in [4.69, 9.17) is 16.3 Å². The summed E-state index contributed by atoms with van der Waals surface area (Å²) >= 11 is 6.47. The summed E-state index contributed by atoms with van der Waals surface area (Å²) in [7, 11) is 0. The van der Waals surface area contributed by atoms with Crippen molar-refractivity contribution >= 4 is 40.7 Å². The summed E-state index contributed by atoms with van der Waals surface area (Å²) in [5.41, 5.74) is 1.07. The molecule has 3 atom stereocenters. The fraction of sp³-hybridized carbons (Fsp3) is 0.214. The molecule has 2 fully saturated rings. The number of carbonyl (C=O) groups excluding carboxylic acids is 4. The zero-order valence-corrected chi connectivity index (χ0v) is 19.7. The maximum Gasteiger partial charge on any atom is 0.241 e. The Kier molecular flexibility index (Phi) is 4.66. The molecule has 3 aromatic carbocycles. The number of nitrogens with zero attached hydrogens (tertiary/aromatic N) is 1. The molecular formula is C28H20ClNO5. The van der Waals surface area contributed by atoms with Gasteiger partial charge in [0.25, 0.3) is 0 Å². The third kappa shape index (κ3) is 2.75. The highest BCUT2D eigenvalue weighted by Gasteiger charge is 2.74. The molecule has 174 valence electrons. The topological polar surface area (TPSA) is 80.8 Å². The Bertz CT molecular complexity index is 1440. The number of hydrogen-bond acceptors (Lipinski definition) is 5. The quantitative estimate of drug-likeness (QED) is 0.390. The Morgan fingerprint density at radius 1 is 0.800 bits per heavy atom. The zero-order chi connectivity index (χ0) is 24.6. The average molecular weight is 486 g/mol. The smallest absolute Gasteiger partial charge is 0.241 e. The number of imide groups is 1. The van der Waals surface area contributed by atoms with Crippen molar-refractivity contribution in [3.05, 3.63) is 99.6 Å². The van der Waals surface area contributed by atoms with Crippen LogP contribution in [0.4, 0.5) is 5.69 Å². The largest absolute Gasteiger partial charge is 0.349 e. The summed E-state index contributed by atoms with van der Waals surface area (Å²) in [6, 6.07) is 18.5. The summed E-state index contributed by atoms with van der Waals surface area (Å²) in [5.74, 6) is -4.69. The number of halogens is 1. The highest BCUT2D eigenvalue weighted by molar-refractivity contribution is 6.37. The molecule has 0 saturated carbocycles. The molecule has 0 bridgehead atoms. The highest BCUT2D eigenvalue weighted by atomic mass is 35.5. The van der Waals surface area contributed by atoms with Gasteiger partial charge in [0, 0.05) is 21.7 Å². The summed E-state index contributed by atoms with van der Waals surface area (Å²) in [4.78, 5) is 56.5. The molecular weight excluding hydrogens is 466 g/mol. The molecule has 6 rings (SSSR count). The lowest BCUT2D eigenvalue weighted by Crippen LogP contribution is -2.51. The Labute approximate surface area is 206 Å². The van der Waals surface area contributed by atoms with E-state index in [1.54, 1.807) is 60.7 Å². The molecule has 2 heterocycles. The van der Waals surface area contributed by atoms with Gasteiger partial charge in [-0.15, -0.1) is 0 Å². The highest BCUT2D eigenvalue weighted by Crippen LogP contribution is 2.58. The fourth-order valence-corrected chi connectivity index (χ4v) is 5.87. The van der Waals surface area contributed by atoms with Crippen molar-refractivity contribution < 1.29 is 23.9 Å². The lowest BCUT2D eigenvalue weighted by atomic mass is 9.77. The summed E-state index contributed by atoms with van der Waals surface area (Å²) in [6.07, 6.45) is -1.04. The van der Waals surface area contributed by atoms with E-state index >= 15 is 0 Å². The summed E-state index contributed by atoms with van der Waals surface area (Å²) in [6.45, 7) is 3.83. The van der Waals surface area contributed by atoms with Gasteiger partial charge < -0.3 is 4.74 Å². The molecule has 2 amide bonds. The van der Waals surface area contributed by atoms with Crippen LogP contribution < -0.4 is 4.90 Å². The van der Waals surface area contributed by atoms with Gasteiger partial charge in [-0.1, -0.05) is 60.1 Å². The van der Waals surface area contributed by atoms with E-state index in [1.807, 2.05) is 19.9 Å². The van der Waals surface area contributed by atoms with Gasteiger partial charge in [-0.3, -0.25) is 19.2 Å². The number of benzene rings is 3. The molecule has 3 aromatic rings. The SMILES string of the molecule is Cc1ccc(N2C(=O)[C@@H]3[C@@H](c4ccccc4Cl)OC4(C(=O)c5ccccc5C4=O)[C@@H]3C2=O)cc1C. The molecule has 0 unspecified atom stereocenters. The normalized spacial score (nSPS) is 24.4. The first-order valence-corrected chi connectivity index (χ1v) is 11.7. The molecule has 7 heteroatoms. The molecule has 6 nitrogen and oxygen atoms in total. The number of ether oxygens (including phenoxy) is 1. The molecule has 2 saturated heterocycles. The third-order valence-electron chi connectivity index (χ3n) is 7.48. The number of Topliss-reactive ketones (excluding diaryl/α,β-unsaturated/α-hetero) is 2. The van der Waals surface area contributed by atoms with Gasteiger partial charge in [0.1, 0.15) is 0 Å². The van der Waals surface area contributed by atoms with E-state index in [2.05, 4.69) is 0 Å². The fourth-order valence-electron chi connectivity index (χ4n) is 5.62. The monoisotopic (exact) mass is 485 g/mol. The standard InChI is InChI=1S/C28H20ClNO5/c1-14-11-12-16(13-15(14)2)30-26(33)21-22(27(30)34)28(35-23(21)19-9-5-6-10-20(19)29)24(31)17-7-3-4-8-18(17)25(28)32/h3-13,21-23H,1-2H3/t21-,22-,23+/m0/s1. The number of rotatable bonds is 2. The van der Waals surface area contributed by atoms with Gasteiger partial charge in [-0.25, -0.2) is 4.90 Å². The lowest BCUT2D eigenvalue weighted by molar-refractivity contribution is -0.127. The predicted molar refractivity (Wildman–Crippen MR) is 129 cm³/mol. The second-order valence-electron chi connectivity index (χ2n) is 9.28. The first kappa shape index (κ1) is 21.9. The molecule has 2 aliphatic heterocycles. The summed E-state index contributed by atoms with van der Waals surface area (Å²) in [5, 5.41) is 0.327. The van der Waals surface area contributed by atoms with Crippen LogP contribution in [0.5, 0.6) is 0 Å². The minimum Gasteiger partial charge on any atom is -0.349 e. The number of aryl methyl sites for hydroxylation is 2. The van der Waals surface area contributed by atoms with Crippen molar-refractivity contribution in [1.29, 1.82) is 0 Å². The van der Waals surface area contributed by atoms with Crippen LogP contribution in [0.15, 0.2) is 66.7 Å². The lowest BCUT2D eigenvalue weighted by Gasteiger charge is -2.27. The van der Waals surface area contributed by atoms with Crippen molar-refractivity contribution in [2.24, 2.45) is 11.8 Å². The number of hydrogen-bond donors (Lipinski definition) is 0. The molecule has 1 spiro atoms. The maximum atomic E-state index is 13.9. The first-order chi connectivity index (χ1) is 16.8. The van der Waals surface area contributed by atoms with Crippen molar-refractivity contribution in [3.63, 3.8) is 0 Å². The van der Waals surface area contributed by atoms with Crippen LogP contribution in [-0.2, 0) is 14.3 Å². The molecule has 3 aliphatic rings. The third-order valence-corrected chi connectivity index (χ3v) is 7.82. The second-order valence-corrected chi connectivity index (χ2v) is 9.69. The van der Waals surface area contributed by atoms with Gasteiger partial charge in [0.15, 0.2) is 0 Å². The summed E-state index contributed by atoms with van der Waals surface area (Å²) < 4.78 is 6.27. The Hall–Kier alpha value is -3.61. The van der Waals surface area contributed by atoms with Gasteiger partial charge in [0.2, 0.25) is 29.0 Å². The van der Waals surface area contributed by atoms with Gasteiger partial charge >= 0.3 is 0 Å². The van der Waals surface area contributed by atoms with Gasteiger partial charge in [0.05, 0.1) is 23.6 Å². The van der Waals surface area contributed by atoms with E-state index in [0.717, 1.165) is 16.0 Å². The molecule has 0 aromatic heterocycles. The number of fused-ring (bicyclic) bond motifs is 3. The molecule has 0 N–H and O–H groups in total. The second kappa shape index (κ2) is 7.44. The number of amides is 2. The van der Waals surface area contributed by atoms with E-state index < -0.39 is 46.9 Å². The van der Waals surface area contributed by atoms with Crippen LogP contribution in [0.1, 0.15) is 43.5 Å². The molecule has 35 heavy (non-hydrogen) atoms. The maximum absolute atomic E-state index is 13.9. The van der Waals surface area contributed by atoms with E-state index in [9.17, 15) is 19.2 Å². The van der Waals surface area contributed by atoms with Crippen LogP contribution in [0.25, 0.3) is 0 Å². The van der Waals surface area contributed by atoms with Gasteiger partial charge in [-0.2, -0.15) is 0 Å². The van der Waals surface area contributed by atoms with Crippen LogP contribution in [0.3, 0.4) is 0 Å². The first-order valence-electron chi connectivity index (χ1n) is 11.3. The van der Waals surface area contributed by atoms with Crippen LogP contribution in [-0.4, -0.2) is 29.0 Å². The predicted octanol–water partition coefficient (Wildman–Crippen LogP) is 4.65. The Balaban J connectivity index is 1.56. The van der Waals surface area contributed by atoms with Crippen molar-refractivity contribution in [1.82, 2.24) is 0 Å². The number of carbonyl (C=O) groups is 4. The van der Waals surface area contributed by atoms with Crippen molar-refractivity contribution in [2.45, 2.75) is 25.6 Å². The van der Waals surface area contributed by atoms with Crippen molar-refractivity contribution in [3.8, 4) is 0 Å². The van der Waals surface area contributed by atoms with Crippen LogP contribution in [0, 0.1) is 25.7 Å². The Morgan fingerprint density at radius 3 is 2.06 bits per heavy atom. The van der Waals surface area contributed by atoms with Crippen molar-refractivity contribution in [2.75, 3.05) is 4.90 Å². The molecule has 0 radical (unpaired) electrons. The Morgan fingerprint density at radius 2 is 1.43 bits per heavy atom. The minimum atomic E-state index is -2.11. The minimum absolute atomic E-state index is 0.195. The van der Waals surface area contributed by atoms with E-state index in [1.165, 1.54) is 0 Å². The van der Waals surface area contributed by atoms with Gasteiger partial charge in [-0.05, 0) is 43.2 Å².